The third kappa shape index (κ3) is 4.28. The lowest BCUT2D eigenvalue weighted by Gasteiger charge is -2.34. The number of aryl methyl sites for hydroxylation is 1. The Morgan fingerprint density at radius 3 is 2.35 bits per heavy atom. The van der Waals surface area contributed by atoms with Gasteiger partial charge in [0, 0.05) is 42.6 Å². The molecule has 3 aromatic rings. The highest BCUT2D eigenvalue weighted by Crippen LogP contribution is 2.23. The molecule has 2 aromatic heterocycles. The van der Waals surface area contributed by atoms with Gasteiger partial charge in [-0.2, -0.15) is 4.31 Å². The van der Waals surface area contributed by atoms with Crippen LogP contribution in [0.25, 0.3) is 0 Å². The topological polar surface area (TPSA) is 75.8 Å². The van der Waals surface area contributed by atoms with Gasteiger partial charge in [0.15, 0.2) is 0 Å². The first kappa shape index (κ1) is 21.7. The summed E-state index contributed by atoms with van der Waals surface area (Å²) in [7, 11) is -3.61. The number of carbonyl (C=O) groups excluding carboxylic acids is 1. The van der Waals surface area contributed by atoms with Crippen LogP contribution in [0.5, 0.6) is 0 Å². The van der Waals surface area contributed by atoms with Crippen LogP contribution in [0.15, 0.2) is 58.0 Å². The van der Waals surface area contributed by atoms with E-state index in [0.29, 0.717) is 30.2 Å². The minimum Gasteiger partial charge on any atom is -0.467 e. The molecule has 0 bridgehead atoms. The molecule has 0 N–H and O–H groups in total. The summed E-state index contributed by atoms with van der Waals surface area (Å²) in [6.45, 7) is 5.63. The van der Waals surface area contributed by atoms with E-state index in [9.17, 15) is 13.2 Å². The fourth-order valence-corrected chi connectivity index (χ4v) is 5.43. The quantitative estimate of drug-likeness (QED) is 0.582. The van der Waals surface area contributed by atoms with Gasteiger partial charge in [-0.1, -0.05) is 11.6 Å². The molecule has 4 rings (SSSR count). The number of benzene rings is 1. The highest BCUT2D eigenvalue weighted by Gasteiger charge is 2.31. The second-order valence-corrected chi connectivity index (χ2v) is 9.97. The van der Waals surface area contributed by atoms with Crippen LogP contribution in [-0.4, -0.2) is 54.3 Å². The maximum absolute atomic E-state index is 13.2. The number of piperazine rings is 1. The molecule has 0 saturated carbocycles. The number of rotatable bonds is 5. The molecule has 7 nitrogen and oxygen atoms in total. The smallest absolute Gasteiger partial charge is 0.255 e. The van der Waals surface area contributed by atoms with Gasteiger partial charge >= 0.3 is 0 Å². The Kier molecular flexibility index (Phi) is 5.96. The van der Waals surface area contributed by atoms with Gasteiger partial charge in [-0.3, -0.25) is 4.79 Å². The van der Waals surface area contributed by atoms with E-state index in [4.69, 9.17) is 16.0 Å². The summed E-state index contributed by atoms with van der Waals surface area (Å²) in [5.41, 5.74) is 2.48. The standard InChI is InChI=1S/C22H24ClN3O4S/c1-16-14-21(17(2)26(16)15-19-4-3-13-30-19)22(27)24-9-11-25(12-10-24)31(28,29)20-7-5-18(23)6-8-20/h3-8,13-14H,9-12,15H2,1-2H3. The Hall–Kier alpha value is -2.55. The molecule has 0 radical (unpaired) electrons. The lowest BCUT2D eigenvalue weighted by atomic mass is 10.2. The number of sulfonamides is 1. The van der Waals surface area contributed by atoms with Crippen molar-refractivity contribution in [2.75, 3.05) is 26.2 Å². The van der Waals surface area contributed by atoms with Crippen LogP contribution in [0.1, 0.15) is 27.5 Å². The van der Waals surface area contributed by atoms with Crippen molar-refractivity contribution in [3.8, 4) is 0 Å². The van der Waals surface area contributed by atoms with Crippen LogP contribution < -0.4 is 0 Å². The Morgan fingerprint density at radius 2 is 1.74 bits per heavy atom. The van der Waals surface area contributed by atoms with Gasteiger partial charge in [0.25, 0.3) is 5.91 Å². The van der Waals surface area contributed by atoms with Crippen LogP contribution in [-0.2, 0) is 16.6 Å². The zero-order valence-electron chi connectivity index (χ0n) is 17.4. The second kappa shape index (κ2) is 8.53. The molecular formula is C22H24ClN3O4S. The zero-order valence-corrected chi connectivity index (χ0v) is 19.0. The molecule has 1 aromatic carbocycles. The molecule has 31 heavy (non-hydrogen) atoms. The summed E-state index contributed by atoms with van der Waals surface area (Å²) < 4.78 is 34.6. The van der Waals surface area contributed by atoms with Crippen molar-refractivity contribution >= 4 is 27.5 Å². The minimum atomic E-state index is -3.61. The van der Waals surface area contributed by atoms with E-state index >= 15 is 0 Å². The third-order valence-corrected chi connectivity index (χ3v) is 7.84. The highest BCUT2D eigenvalue weighted by molar-refractivity contribution is 7.89. The largest absolute Gasteiger partial charge is 0.467 e. The van der Waals surface area contributed by atoms with E-state index < -0.39 is 10.0 Å². The number of halogens is 1. The molecule has 3 heterocycles. The number of hydrogen-bond donors (Lipinski definition) is 0. The van der Waals surface area contributed by atoms with Crippen molar-refractivity contribution in [1.29, 1.82) is 0 Å². The molecule has 1 aliphatic rings. The predicted octanol–water partition coefficient (Wildman–Crippen LogP) is 3.55. The molecule has 9 heteroatoms. The van der Waals surface area contributed by atoms with E-state index in [1.807, 2.05) is 36.6 Å². The van der Waals surface area contributed by atoms with Gasteiger partial charge in [0.1, 0.15) is 5.76 Å². The molecule has 1 aliphatic heterocycles. The first-order valence-corrected chi connectivity index (χ1v) is 11.8. The van der Waals surface area contributed by atoms with E-state index in [1.54, 1.807) is 23.3 Å². The monoisotopic (exact) mass is 461 g/mol. The van der Waals surface area contributed by atoms with Crippen molar-refractivity contribution < 1.29 is 17.6 Å². The van der Waals surface area contributed by atoms with Crippen molar-refractivity contribution in [3.63, 3.8) is 0 Å². The molecule has 1 fully saturated rings. The zero-order chi connectivity index (χ0) is 22.2. The normalized spacial score (nSPS) is 15.4. The molecule has 0 aliphatic carbocycles. The molecule has 1 amide bonds. The molecule has 0 unspecified atom stereocenters. The van der Waals surface area contributed by atoms with Crippen LogP contribution in [0, 0.1) is 13.8 Å². The average Bonchev–Trinajstić information content (AvgIpc) is 3.37. The Bertz CT molecular complexity index is 1180. The fourth-order valence-electron chi connectivity index (χ4n) is 3.88. The van der Waals surface area contributed by atoms with Crippen molar-refractivity contribution in [1.82, 2.24) is 13.8 Å². The predicted molar refractivity (Wildman–Crippen MR) is 118 cm³/mol. The van der Waals surface area contributed by atoms with E-state index in [0.717, 1.165) is 17.1 Å². The summed E-state index contributed by atoms with van der Waals surface area (Å²) in [6, 6.07) is 11.8. The minimum absolute atomic E-state index is 0.0812. The molecule has 1 saturated heterocycles. The first-order valence-electron chi connectivity index (χ1n) is 10.0. The second-order valence-electron chi connectivity index (χ2n) is 7.60. The highest BCUT2D eigenvalue weighted by atomic mass is 35.5. The summed E-state index contributed by atoms with van der Waals surface area (Å²) in [5.74, 6) is 0.740. The summed E-state index contributed by atoms with van der Waals surface area (Å²) in [5, 5.41) is 0.485. The van der Waals surface area contributed by atoms with Gasteiger partial charge < -0.3 is 13.9 Å². The number of amides is 1. The third-order valence-electron chi connectivity index (χ3n) is 5.68. The lowest BCUT2D eigenvalue weighted by Crippen LogP contribution is -2.50. The summed E-state index contributed by atoms with van der Waals surface area (Å²) in [4.78, 5) is 15.1. The van der Waals surface area contributed by atoms with Crippen LogP contribution in [0.4, 0.5) is 0 Å². The van der Waals surface area contributed by atoms with Crippen molar-refractivity contribution in [2.24, 2.45) is 0 Å². The van der Waals surface area contributed by atoms with Gasteiger partial charge in [-0.25, -0.2) is 8.42 Å². The average molecular weight is 462 g/mol. The number of aromatic nitrogens is 1. The maximum Gasteiger partial charge on any atom is 0.255 e. The lowest BCUT2D eigenvalue weighted by molar-refractivity contribution is 0.0697. The van der Waals surface area contributed by atoms with Gasteiger partial charge in [0.05, 0.1) is 23.3 Å². The summed E-state index contributed by atoms with van der Waals surface area (Å²) in [6.07, 6.45) is 1.63. The van der Waals surface area contributed by atoms with Crippen LogP contribution >= 0.6 is 11.6 Å². The van der Waals surface area contributed by atoms with Crippen molar-refractivity contribution in [3.05, 3.63) is 76.5 Å². The van der Waals surface area contributed by atoms with E-state index in [2.05, 4.69) is 0 Å². The summed E-state index contributed by atoms with van der Waals surface area (Å²) >= 11 is 5.87. The molecule has 0 atom stereocenters. The maximum atomic E-state index is 13.2. The van der Waals surface area contributed by atoms with Crippen molar-refractivity contribution in [2.45, 2.75) is 25.3 Å². The van der Waals surface area contributed by atoms with Gasteiger partial charge in [0.2, 0.25) is 10.0 Å². The van der Waals surface area contributed by atoms with Gasteiger partial charge in [-0.15, -0.1) is 0 Å². The Labute approximate surface area is 186 Å². The van der Waals surface area contributed by atoms with Gasteiger partial charge in [-0.05, 0) is 56.3 Å². The SMILES string of the molecule is Cc1cc(C(=O)N2CCN(S(=O)(=O)c3ccc(Cl)cc3)CC2)c(C)n1Cc1ccco1. The number of carbonyl (C=O) groups is 1. The Morgan fingerprint density at radius 1 is 1.06 bits per heavy atom. The molecular weight excluding hydrogens is 438 g/mol. The van der Waals surface area contributed by atoms with E-state index in [1.165, 1.54) is 16.4 Å². The molecule has 164 valence electrons. The fraction of sp³-hybridized carbons (Fsp3) is 0.318. The van der Waals surface area contributed by atoms with Crippen LogP contribution in [0.2, 0.25) is 5.02 Å². The number of hydrogen-bond acceptors (Lipinski definition) is 4. The van der Waals surface area contributed by atoms with E-state index in [-0.39, 0.29) is 23.9 Å². The first-order chi connectivity index (χ1) is 14.8. The molecule has 0 spiro atoms. The number of furan rings is 1. The number of nitrogens with zero attached hydrogens (tertiary/aromatic N) is 3. The van der Waals surface area contributed by atoms with Crippen LogP contribution in [0.3, 0.4) is 0 Å². The Balaban J connectivity index is 1.46.